The zero-order chi connectivity index (χ0) is 18.9. The zero-order valence-corrected chi connectivity index (χ0v) is 15.7. The van der Waals surface area contributed by atoms with Crippen molar-refractivity contribution in [2.24, 2.45) is 5.92 Å². The van der Waals surface area contributed by atoms with E-state index in [1.807, 2.05) is 6.92 Å². The van der Waals surface area contributed by atoms with Gasteiger partial charge in [-0.25, -0.2) is 8.42 Å². The van der Waals surface area contributed by atoms with Crippen molar-refractivity contribution >= 4 is 21.4 Å². The van der Waals surface area contributed by atoms with Crippen LogP contribution in [0.1, 0.15) is 39.0 Å². The number of sulfonamides is 1. The Labute approximate surface area is 153 Å². The summed E-state index contributed by atoms with van der Waals surface area (Å²) in [6.07, 6.45) is 4.52. The molecule has 9 heteroatoms. The number of aliphatic hydroxyl groups is 1. The van der Waals surface area contributed by atoms with Gasteiger partial charge in [0.1, 0.15) is 5.69 Å². The molecule has 1 saturated carbocycles. The van der Waals surface area contributed by atoms with E-state index < -0.39 is 20.5 Å². The highest BCUT2D eigenvalue weighted by molar-refractivity contribution is 7.89. The second-order valence-corrected chi connectivity index (χ2v) is 9.31. The van der Waals surface area contributed by atoms with Crippen LogP contribution in [0.25, 0.3) is 0 Å². The van der Waals surface area contributed by atoms with Gasteiger partial charge in [0.2, 0.25) is 10.0 Å². The lowest BCUT2D eigenvalue weighted by Gasteiger charge is -2.30. The minimum Gasteiger partial charge on any atom is -0.394 e. The molecular weight excluding hydrogens is 358 g/mol. The highest BCUT2D eigenvalue weighted by Crippen LogP contribution is 2.42. The average molecular weight is 383 g/mol. The first-order valence-corrected chi connectivity index (χ1v) is 10.4. The Morgan fingerprint density at radius 1 is 1.31 bits per heavy atom. The molecule has 0 amide bonds. The van der Waals surface area contributed by atoms with Crippen LogP contribution in [0.2, 0.25) is 0 Å². The molecule has 1 heterocycles. The van der Waals surface area contributed by atoms with E-state index in [0.29, 0.717) is 13.1 Å². The number of hydrogen-bond donors (Lipinski definition) is 2. The van der Waals surface area contributed by atoms with Gasteiger partial charge in [-0.15, -0.1) is 0 Å². The average Bonchev–Trinajstić information content (AvgIpc) is 3.48. The number of aliphatic hydroxyl groups excluding tert-OH is 1. The Morgan fingerprint density at radius 2 is 1.96 bits per heavy atom. The summed E-state index contributed by atoms with van der Waals surface area (Å²) in [4.78, 5) is 10.9. The summed E-state index contributed by atoms with van der Waals surface area (Å²) >= 11 is 0. The van der Waals surface area contributed by atoms with Crippen molar-refractivity contribution in [1.82, 2.24) is 4.31 Å². The highest BCUT2D eigenvalue weighted by atomic mass is 32.2. The first-order valence-electron chi connectivity index (χ1n) is 8.95. The highest BCUT2D eigenvalue weighted by Gasteiger charge is 2.42. The third-order valence-corrected chi connectivity index (χ3v) is 7.24. The van der Waals surface area contributed by atoms with E-state index in [9.17, 15) is 23.6 Å². The Kier molecular flexibility index (Phi) is 5.23. The molecule has 1 saturated heterocycles. The predicted molar refractivity (Wildman–Crippen MR) is 97.5 cm³/mol. The molecule has 2 N–H and O–H groups in total. The first kappa shape index (κ1) is 19.1. The molecule has 26 heavy (non-hydrogen) atoms. The maximum atomic E-state index is 12.8. The van der Waals surface area contributed by atoms with Gasteiger partial charge < -0.3 is 10.4 Å². The standard InChI is InChI=1S/C17H25N3O5S/c1-17(12-21,13-5-6-13)18-15-8-7-14(11-16(15)20(22)23)26(24,25)19-9-3-2-4-10-19/h7-8,11,13,18,21H,2-6,9-10,12H2,1H3/t17-/m1/s1. The van der Waals surface area contributed by atoms with Crippen LogP contribution >= 0.6 is 0 Å². The summed E-state index contributed by atoms with van der Waals surface area (Å²) in [6.45, 7) is 2.57. The summed E-state index contributed by atoms with van der Waals surface area (Å²) < 4.78 is 26.9. The van der Waals surface area contributed by atoms with Crippen LogP contribution in [-0.4, -0.2) is 48.0 Å². The van der Waals surface area contributed by atoms with E-state index in [1.165, 1.54) is 16.4 Å². The number of nitro groups is 1. The van der Waals surface area contributed by atoms with Crippen molar-refractivity contribution in [3.63, 3.8) is 0 Å². The van der Waals surface area contributed by atoms with Gasteiger partial charge in [-0.1, -0.05) is 6.42 Å². The summed E-state index contributed by atoms with van der Waals surface area (Å²) in [5.41, 5.74) is -0.711. The lowest BCUT2D eigenvalue weighted by molar-refractivity contribution is -0.384. The lowest BCUT2D eigenvalue weighted by Crippen LogP contribution is -2.41. The smallest absolute Gasteiger partial charge is 0.293 e. The number of rotatable bonds is 7. The number of hydrogen-bond acceptors (Lipinski definition) is 6. The van der Waals surface area contributed by atoms with Crippen molar-refractivity contribution in [3.8, 4) is 0 Å². The van der Waals surface area contributed by atoms with E-state index in [-0.39, 0.29) is 28.8 Å². The molecule has 1 atom stereocenters. The van der Waals surface area contributed by atoms with Gasteiger partial charge in [0, 0.05) is 19.2 Å². The third kappa shape index (κ3) is 3.70. The summed E-state index contributed by atoms with van der Waals surface area (Å²) in [6, 6.07) is 3.96. The Bertz CT molecular complexity index is 788. The van der Waals surface area contributed by atoms with Gasteiger partial charge in [-0.3, -0.25) is 10.1 Å². The molecule has 8 nitrogen and oxygen atoms in total. The van der Waals surface area contributed by atoms with Crippen LogP contribution in [0.15, 0.2) is 23.1 Å². The Balaban J connectivity index is 1.93. The molecule has 0 aromatic heterocycles. The summed E-state index contributed by atoms with van der Waals surface area (Å²) in [7, 11) is -3.74. The quantitative estimate of drug-likeness (QED) is 0.552. The molecule has 0 bridgehead atoms. The monoisotopic (exact) mass is 383 g/mol. The lowest BCUT2D eigenvalue weighted by atomic mass is 9.96. The van der Waals surface area contributed by atoms with Crippen LogP contribution in [0.3, 0.4) is 0 Å². The molecule has 0 spiro atoms. The fourth-order valence-electron chi connectivity index (χ4n) is 3.48. The van der Waals surface area contributed by atoms with Gasteiger partial charge in [0.05, 0.1) is 22.0 Å². The van der Waals surface area contributed by atoms with Gasteiger partial charge >= 0.3 is 0 Å². The maximum Gasteiger partial charge on any atom is 0.293 e. The molecule has 1 aromatic carbocycles. The number of benzene rings is 1. The largest absolute Gasteiger partial charge is 0.394 e. The number of piperidine rings is 1. The van der Waals surface area contributed by atoms with Crippen LogP contribution in [0.4, 0.5) is 11.4 Å². The summed E-state index contributed by atoms with van der Waals surface area (Å²) in [5, 5.41) is 24.3. The molecule has 2 aliphatic rings. The number of anilines is 1. The van der Waals surface area contributed by atoms with Crippen molar-refractivity contribution in [3.05, 3.63) is 28.3 Å². The molecule has 1 aliphatic heterocycles. The molecule has 2 fully saturated rings. The van der Waals surface area contributed by atoms with Gasteiger partial charge in [0.15, 0.2) is 0 Å². The molecule has 0 unspecified atom stereocenters. The maximum absolute atomic E-state index is 12.8. The van der Waals surface area contributed by atoms with E-state index in [1.54, 1.807) is 0 Å². The fraction of sp³-hybridized carbons (Fsp3) is 0.647. The topological polar surface area (TPSA) is 113 Å². The molecule has 3 rings (SSSR count). The van der Waals surface area contributed by atoms with Crippen LogP contribution in [0, 0.1) is 16.0 Å². The summed E-state index contributed by atoms with van der Waals surface area (Å²) in [5.74, 6) is 0.254. The van der Waals surface area contributed by atoms with Gasteiger partial charge in [-0.05, 0) is 50.7 Å². The number of nitrogens with one attached hydrogen (secondary N) is 1. The van der Waals surface area contributed by atoms with Gasteiger partial charge in [0.25, 0.3) is 5.69 Å². The number of nitrogens with zero attached hydrogens (tertiary/aromatic N) is 2. The van der Waals surface area contributed by atoms with Crippen LogP contribution in [0.5, 0.6) is 0 Å². The Morgan fingerprint density at radius 3 is 2.50 bits per heavy atom. The molecule has 1 aromatic rings. The fourth-order valence-corrected chi connectivity index (χ4v) is 5.02. The normalized spacial score (nSPS) is 21.2. The van der Waals surface area contributed by atoms with Crippen molar-refractivity contribution in [1.29, 1.82) is 0 Å². The van der Waals surface area contributed by atoms with E-state index >= 15 is 0 Å². The van der Waals surface area contributed by atoms with E-state index in [4.69, 9.17) is 0 Å². The third-order valence-electron chi connectivity index (χ3n) is 5.35. The second-order valence-electron chi connectivity index (χ2n) is 7.38. The van der Waals surface area contributed by atoms with Crippen LogP contribution in [-0.2, 0) is 10.0 Å². The predicted octanol–water partition coefficient (Wildman–Crippen LogP) is 2.34. The molecule has 1 aliphatic carbocycles. The first-order chi connectivity index (χ1) is 12.3. The molecular formula is C17H25N3O5S. The molecule has 144 valence electrons. The van der Waals surface area contributed by atoms with E-state index in [0.717, 1.165) is 38.2 Å². The SMILES string of the molecule is C[C@](CO)(Nc1ccc(S(=O)(=O)N2CCCCC2)cc1[N+](=O)[O-])C1CC1. The van der Waals surface area contributed by atoms with Gasteiger partial charge in [-0.2, -0.15) is 4.31 Å². The van der Waals surface area contributed by atoms with Crippen LogP contribution < -0.4 is 5.32 Å². The van der Waals surface area contributed by atoms with Crippen molar-refractivity contribution in [2.45, 2.75) is 49.5 Å². The Hall–Kier alpha value is -1.71. The van der Waals surface area contributed by atoms with Crippen molar-refractivity contribution in [2.75, 3.05) is 25.0 Å². The molecule has 0 radical (unpaired) electrons. The second kappa shape index (κ2) is 7.13. The van der Waals surface area contributed by atoms with Crippen molar-refractivity contribution < 1.29 is 18.4 Å². The minimum atomic E-state index is -3.74. The zero-order valence-electron chi connectivity index (χ0n) is 14.8. The minimum absolute atomic E-state index is 0.0613. The number of nitro benzene ring substituents is 1. The van der Waals surface area contributed by atoms with E-state index in [2.05, 4.69) is 5.32 Å².